The van der Waals surface area contributed by atoms with Crippen molar-refractivity contribution in [2.24, 2.45) is 5.10 Å². The number of hydrogen-bond donors (Lipinski definition) is 0. The smallest absolute Gasteiger partial charge is 0.257 e. The zero-order valence-electron chi connectivity index (χ0n) is 19.0. The molecule has 32 heavy (non-hydrogen) atoms. The fourth-order valence-electron chi connectivity index (χ4n) is 4.71. The highest BCUT2D eigenvalue weighted by atomic mass is 19.1. The molecule has 4 rings (SSSR count). The van der Waals surface area contributed by atoms with Crippen LogP contribution in [0.5, 0.6) is 5.75 Å². The van der Waals surface area contributed by atoms with Crippen LogP contribution in [0, 0.1) is 5.82 Å². The highest BCUT2D eigenvalue weighted by molar-refractivity contribution is 6.03. The largest absolute Gasteiger partial charge is 0.494 e. The number of nitrogens with zero attached hydrogens (tertiary/aromatic N) is 3. The minimum Gasteiger partial charge on any atom is -0.494 e. The third-order valence-corrected chi connectivity index (χ3v) is 6.50. The summed E-state index contributed by atoms with van der Waals surface area (Å²) in [5, 5.41) is 6.36. The van der Waals surface area contributed by atoms with E-state index >= 15 is 0 Å². The van der Waals surface area contributed by atoms with Crippen molar-refractivity contribution in [2.75, 3.05) is 20.2 Å². The van der Waals surface area contributed by atoms with Crippen LogP contribution in [0.1, 0.15) is 62.6 Å². The van der Waals surface area contributed by atoms with E-state index in [1.54, 1.807) is 17.1 Å². The van der Waals surface area contributed by atoms with Gasteiger partial charge in [-0.3, -0.25) is 9.69 Å². The van der Waals surface area contributed by atoms with E-state index in [9.17, 15) is 9.18 Å². The maximum Gasteiger partial charge on any atom is 0.257 e. The maximum atomic E-state index is 13.4. The summed E-state index contributed by atoms with van der Waals surface area (Å²) in [5.41, 5.74) is 2.67. The zero-order chi connectivity index (χ0) is 22.5. The van der Waals surface area contributed by atoms with E-state index in [-0.39, 0.29) is 17.8 Å². The Balaban J connectivity index is 1.56. The van der Waals surface area contributed by atoms with Crippen LogP contribution in [0.2, 0.25) is 0 Å². The Morgan fingerprint density at radius 1 is 1.09 bits per heavy atom. The van der Waals surface area contributed by atoms with Gasteiger partial charge in [-0.2, -0.15) is 5.10 Å². The van der Waals surface area contributed by atoms with Crippen molar-refractivity contribution < 1.29 is 13.9 Å². The molecule has 0 N–H and O–H groups in total. The van der Waals surface area contributed by atoms with Gasteiger partial charge in [-0.1, -0.05) is 43.5 Å². The summed E-state index contributed by atoms with van der Waals surface area (Å²) < 4.78 is 19.0. The Hall–Kier alpha value is -2.73. The quantitative estimate of drug-likeness (QED) is 0.601. The van der Waals surface area contributed by atoms with Gasteiger partial charge < -0.3 is 4.74 Å². The molecule has 0 aromatic heterocycles. The Morgan fingerprint density at radius 3 is 2.44 bits per heavy atom. The molecule has 0 radical (unpaired) electrons. The molecule has 1 fully saturated rings. The molecule has 0 saturated heterocycles. The van der Waals surface area contributed by atoms with Gasteiger partial charge in [0, 0.05) is 12.5 Å². The first kappa shape index (κ1) is 22.5. The molecular weight excluding hydrogens is 405 g/mol. The van der Waals surface area contributed by atoms with Gasteiger partial charge in [0.05, 0.1) is 24.9 Å². The monoisotopic (exact) mass is 437 g/mol. The lowest BCUT2D eigenvalue weighted by atomic mass is 9.94. The number of amides is 1. The van der Waals surface area contributed by atoms with E-state index in [1.807, 2.05) is 38.2 Å². The van der Waals surface area contributed by atoms with Crippen molar-refractivity contribution in [1.82, 2.24) is 9.91 Å². The second kappa shape index (κ2) is 10.3. The Kier molecular flexibility index (Phi) is 7.20. The molecule has 1 atom stereocenters. The molecule has 1 heterocycles. The number of carbonyl (C=O) groups is 1. The van der Waals surface area contributed by atoms with Crippen LogP contribution >= 0.6 is 0 Å². The summed E-state index contributed by atoms with van der Waals surface area (Å²) in [6, 6.07) is 14.5. The van der Waals surface area contributed by atoms with E-state index in [0.29, 0.717) is 25.6 Å². The van der Waals surface area contributed by atoms with Crippen molar-refractivity contribution in [3.05, 3.63) is 65.5 Å². The van der Waals surface area contributed by atoms with Crippen molar-refractivity contribution in [3.8, 4) is 5.75 Å². The average molecular weight is 438 g/mol. The Labute approximate surface area is 189 Å². The molecule has 1 amide bonds. The number of ether oxygens (including phenoxy) is 1. The molecule has 0 bridgehead atoms. The summed E-state index contributed by atoms with van der Waals surface area (Å²) in [5.74, 6) is 0.523. The third kappa shape index (κ3) is 5.18. The lowest BCUT2D eigenvalue weighted by molar-refractivity contribution is -0.134. The van der Waals surface area contributed by atoms with E-state index in [0.717, 1.165) is 35.4 Å². The summed E-state index contributed by atoms with van der Waals surface area (Å²) in [6.45, 7) is 2.91. The number of benzene rings is 2. The van der Waals surface area contributed by atoms with Gasteiger partial charge in [-0.25, -0.2) is 9.40 Å². The zero-order valence-corrected chi connectivity index (χ0v) is 19.0. The Morgan fingerprint density at radius 2 is 1.78 bits per heavy atom. The first-order valence-electron chi connectivity index (χ1n) is 11.6. The standard InChI is InChI=1S/C26H32FN3O2/c1-3-32-23-15-11-20(12-16-23)25-17-24(19-9-13-21(27)14-10-19)28-30(25)26(31)18-29(2)22-7-5-4-6-8-22/h9-16,22,25H,3-8,17-18H2,1-2H3/t25-/m0/s1. The molecule has 0 unspecified atom stereocenters. The maximum absolute atomic E-state index is 13.4. The van der Waals surface area contributed by atoms with Gasteiger partial charge in [-0.15, -0.1) is 0 Å². The van der Waals surface area contributed by atoms with E-state index < -0.39 is 0 Å². The molecule has 6 heteroatoms. The number of hydrogen-bond acceptors (Lipinski definition) is 4. The molecule has 2 aliphatic rings. The van der Waals surface area contributed by atoms with E-state index in [1.165, 1.54) is 31.4 Å². The normalized spacial score (nSPS) is 19.3. The molecule has 2 aromatic rings. The van der Waals surface area contributed by atoms with Gasteiger partial charge in [0.25, 0.3) is 5.91 Å². The van der Waals surface area contributed by atoms with Gasteiger partial charge in [0.15, 0.2) is 0 Å². The first-order chi connectivity index (χ1) is 15.5. The van der Waals surface area contributed by atoms with Crippen molar-refractivity contribution in [2.45, 2.75) is 57.5 Å². The topological polar surface area (TPSA) is 45.1 Å². The minimum atomic E-state index is -0.280. The van der Waals surface area contributed by atoms with Crippen LogP contribution < -0.4 is 4.74 Å². The highest BCUT2D eigenvalue weighted by Gasteiger charge is 2.34. The van der Waals surface area contributed by atoms with Crippen molar-refractivity contribution in [3.63, 3.8) is 0 Å². The molecule has 1 saturated carbocycles. The second-order valence-corrected chi connectivity index (χ2v) is 8.72. The van der Waals surface area contributed by atoms with Crippen molar-refractivity contribution >= 4 is 11.6 Å². The predicted molar refractivity (Wildman–Crippen MR) is 124 cm³/mol. The fraction of sp³-hybridized carbons (Fsp3) is 0.462. The molecule has 1 aliphatic carbocycles. The van der Waals surface area contributed by atoms with Crippen LogP contribution in [0.4, 0.5) is 4.39 Å². The predicted octanol–water partition coefficient (Wildman–Crippen LogP) is 5.17. The van der Waals surface area contributed by atoms with Crippen LogP contribution in [-0.4, -0.2) is 47.8 Å². The molecule has 2 aromatic carbocycles. The van der Waals surface area contributed by atoms with Gasteiger partial charge in [0.2, 0.25) is 0 Å². The van der Waals surface area contributed by atoms with E-state index in [4.69, 9.17) is 9.84 Å². The van der Waals surface area contributed by atoms with Crippen molar-refractivity contribution in [1.29, 1.82) is 0 Å². The highest BCUT2D eigenvalue weighted by Crippen LogP contribution is 2.34. The van der Waals surface area contributed by atoms with Crippen LogP contribution in [0.3, 0.4) is 0 Å². The average Bonchev–Trinajstić information content (AvgIpc) is 3.26. The molecule has 5 nitrogen and oxygen atoms in total. The minimum absolute atomic E-state index is 0.00549. The first-order valence-corrected chi connectivity index (χ1v) is 11.6. The van der Waals surface area contributed by atoms with Gasteiger partial charge in [-0.05, 0) is 62.2 Å². The van der Waals surface area contributed by atoms with Crippen LogP contribution in [-0.2, 0) is 4.79 Å². The second-order valence-electron chi connectivity index (χ2n) is 8.72. The SMILES string of the molecule is CCOc1ccc([C@@H]2CC(c3ccc(F)cc3)=NN2C(=O)CN(C)C2CCCCC2)cc1. The molecule has 0 spiro atoms. The lowest BCUT2D eigenvalue weighted by Gasteiger charge is -2.32. The summed E-state index contributed by atoms with van der Waals surface area (Å²) >= 11 is 0. The molecule has 1 aliphatic heterocycles. The summed E-state index contributed by atoms with van der Waals surface area (Å²) in [6.07, 6.45) is 6.64. The fourth-order valence-corrected chi connectivity index (χ4v) is 4.71. The number of carbonyl (C=O) groups excluding carboxylic acids is 1. The summed E-state index contributed by atoms with van der Waals surface area (Å²) in [7, 11) is 2.04. The molecular formula is C26H32FN3O2. The van der Waals surface area contributed by atoms with Crippen LogP contribution in [0.25, 0.3) is 0 Å². The van der Waals surface area contributed by atoms with Gasteiger partial charge in [0.1, 0.15) is 11.6 Å². The third-order valence-electron chi connectivity index (χ3n) is 6.50. The number of hydrazone groups is 1. The molecule has 170 valence electrons. The number of rotatable bonds is 7. The number of likely N-dealkylation sites (N-methyl/N-ethyl adjacent to an activating group) is 1. The van der Waals surface area contributed by atoms with Gasteiger partial charge >= 0.3 is 0 Å². The van der Waals surface area contributed by atoms with E-state index in [2.05, 4.69) is 4.90 Å². The Bertz CT molecular complexity index is 937. The van der Waals surface area contributed by atoms with Crippen LogP contribution in [0.15, 0.2) is 53.6 Å². The summed E-state index contributed by atoms with van der Waals surface area (Å²) in [4.78, 5) is 15.6. The number of halogens is 1. The lowest BCUT2D eigenvalue weighted by Crippen LogP contribution is -2.41.